The van der Waals surface area contributed by atoms with Gasteiger partial charge in [0.05, 0.1) is 13.2 Å². The van der Waals surface area contributed by atoms with Crippen LogP contribution in [-0.4, -0.2) is 80.6 Å². The maximum absolute atomic E-state index is 12.8. The summed E-state index contributed by atoms with van der Waals surface area (Å²) in [5, 5.41) is 3.02. The van der Waals surface area contributed by atoms with Crippen LogP contribution in [0, 0.1) is 5.92 Å². The molecule has 1 aromatic rings. The molecule has 3 aliphatic heterocycles. The van der Waals surface area contributed by atoms with Crippen LogP contribution in [0.4, 0.5) is 11.4 Å². The predicted molar refractivity (Wildman–Crippen MR) is 127 cm³/mol. The molecular formula is C25H38N4O3. The molecule has 0 bridgehead atoms. The fourth-order valence-corrected chi connectivity index (χ4v) is 5.01. The topological polar surface area (TPSA) is 65.1 Å². The van der Waals surface area contributed by atoms with Crippen molar-refractivity contribution in [1.82, 2.24) is 9.80 Å². The van der Waals surface area contributed by atoms with Crippen LogP contribution in [0.2, 0.25) is 0 Å². The minimum atomic E-state index is 0.0480. The van der Waals surface area contributed by atoms with Gasteiger partial charge in [0.25, 0.3) is 0 Å². The summed E-state index contributed by atoms with van der Waals surface area (Å²) in [6, 6.07) is 8.07. The van der Waals surface area contributed by atoms with Gasteiger partial charge in [0.15, 0.2) is 0 Å². The van der Waals surface area contributed by atoms with Crippen molar-refractivity contribution >= 4 is 23.2 Å². The molecule has 0 aromatic heterocycles. The van der Waals surface area contributed by atoms with E-state index in [4.69, 9.17) is 4.74 Å². The highest BCUT2D eigenvalue weighted by Crippen LogP contribution is 2.22. The number of anilines is 2. The van der Waals surface area contributed by atoms with E-state index in [9.17, 15) is 9.59 Å². The number of hydrogen-bond donors (Lipinski definition) is 1. The number of amides is 2. The van der Waals surface area contributed by atoms with Gasteiger partial charge in [0.1, 0.15) is 0 Å². The van der Waals surface area contributed by atoms with Crippen LogP contribution >= 0.6 is 0 Å². The molecule has 1 N–H and O–H groups in total. The van der Waals surface area contributed by atoms with E-state index >= 15 is 0 Å². The van der Waals surface area contributed by atoms with E-state index in [1.54, 1.807) is 0 Å². The summed E-state index contributed by atoms with van der Waals surface area (Å²) in [6.45, 7) is 7.79. The normalized spacial score (nSPS) is 21.2. The number of ether oxygens (including phenoxy) is 1. The summed E-state index contributed by atoms with van der Waals surface area (Å²) in [5.74, 6) is 0.583. The third-order valence-electron chi connectivity index (χ3n) is 7.04. The molecule has 0 unspecified atom stereocenters. The van der Waals surface area contributed by atoms with Crippen molar-refractivity contribution in [2.45, 2.75) is 44.9 Å². The molecule has 32 heavy (non-hydrogen) atoms. The average Bonchev–Trinajstić information content (AvgIpc) is 3.13. The first-order valence-electron chi connectivity index (χ1n) is 12.4. The van der Waals surface area contributed by atoms with Crippen molar-refractivity contribution < 1.29 is 14.3 Å². The highest BCUT2D eigenvalue weighted by molar-refractivity contribution is 5.91. The Morgan fingerprint density at radius 1 is 0.875 bits per heavy atom. The van der Waals surface area contributed by atoms with E-state index in [0.29, 0.717) is 12.3 Å². The summed E-state index contributed by atoms with van der Waals surface area (Å²) < 4.78 is 5.40. The molecule has 0 aliphatic carbocycles. The number of nitrogens with one attached hydrogen (secondary N) is 1. The van der Waals surface area contributed by atoms with Crippen molar-refractivity contribution in [3.05, 3.63) is 24.3 Å². The van der Waals surface area contributed by atoms with E-state index in [1.165, 1.54) is 18.5 Å². The Morgan fingerprint density at radius 3 is 2.19 bits per heavy atom. The number of piperidine rings is 1. The third-order valence-corrected chi connectivity index (χ3v) is 7.04. The molecule has 176 valence electrons. The zero-order chi connectivity index (χ0) is 22.2. The molecule has 3 fully saturated rings. The first kappa shape index (κ1) is 23.1. The SMILES string of the molecule is O=C(CCN1CCC(C(=O)N2CCCCCC2)CC1)Nc1ccc(N2CCOCC2)cc1. The molecule has 0 spiro atoms. The van der Waals surface area contributed by atoms with Crippen LogP contribution in [0.5, 0.6) is 0 Å². The lowest BCUT2D eigenvalue weighted by Crippen LogP contribution is -2.43. The first-order chi connectivity index (χ1) is 15.7. The lowest BCUT2D eigenvalue weighted by molar-refractivity contribution is -0.137. The second kappa shape index (κ2) is 11.7. The minimum absolute atomic E-state index is 0.0480. The van der Waals surface area contributed by atoms with Crippen LogP contribution in [0.15, 0.2) is 24.3 Å². The van der Waals surface area contributed by atoms with Crippen LogP contribution in [0.25, 0.3) is 0 Å². The molecule has 0 radical (unpaired) electrons. The molecule has 7 heteroatoms. The van der Waals surface area contributed by atoms with Gasteiger partial charge in [0, 0.05) is 56.4 Å². The molecule has 3 heterocycles. The van der Waals surface area contributed by atoms with Crippen LogP contribution < -0.4 is 10.2 Å². The van der Waals surface area contributed by atoms with Crippen molar-refractivity contribution in [1.29, 1.82) is 0 Å². The van der Waals surface area contributed by atoms with Gasteiger partial charge in [-0.3, -0.25) is 9.59 Å². The standard InChI is InChI=1S/C25H38N4O3/c30-24(26-22-5-7-23(8-6-22)28-17-19-32-20-18-28)11-16-27-14-9-21(10-15-27)25(31)29-12-3-1-2-4-13-29/h5-8,21H,1-4,9-20H2,(H,26,30). The van der Waals surface area contributed by atoms with Crippen LogP contribution in [0.3, 0.4) is 0 Å². The van der Waals surface area contributed by atoms with Crippen molar-refractivity contribution in [3.8, 4) is 0 Å². The monoisotopic (exact) mass is 442 g/mol. The van der Waals surface area contributed by atoms with E-state index < -0.39 is 0 Å². The second-order valence-electron chi connectivity index (χ2n) is 9.30. The Bertz CT molecular complexity index is 732. The predicted octanol–water partition coefficient (Wildman–Crippen LogP) is 2.97. The molecule has 0 atom stereocenters. The summed E-state index contributed by atoms with van der Waals surface area (Å²) in [7, 11) is 0. The largest absolute Gasteiger partial charge is 0.378 e. The van der Waals surface area contributed by atoms with Gasteiger partial charge in [-0.05, 0) is 63.0 Å². The summed E-state index contributed by atoms with van der Waals surface area (Å²) in [4.78, 5) is 32.0. The highest BCUT2D eigenvalue weighted by atomic mass is 16.5. The zero-order valence-corrected chi connectivity index (χ0v) is 19.3. The van der Waals surface area contributed by atoms with E-state index in [1.807, 2.05) is 12.1 Å². The molecular weight excluding hydrogens is 404 g/mol. The maximum Gasteiger partial charge on any atom is 0.225 e. The summed E-state index contributed by atoms with van der Waals surface area (Å²) in [6.07, 6.45) is 7.12. The highest BCUT2D eigenvalue weighted by Gasteiger charge is 2.28. The zero-order valence-electron chi connectivity index (χ0n) is 19.3. The molecule has 3 aliphatic rings. The Hall–Kier alpha value is -2.12. The third kappa shape index (κ3) is 6.45. The molecule has 7 nitrogen and oxygen atoms in total. The number of nitrogens with zero attached hydrogens (tertiary/aromatic N) is 3. The molecule has 3 saturated heterocycles. The number of hydrogen-bond acceptors (Lipinski definition) is 5. The van der Waals surface area contributed by atoms with Crippen LogP contribution in [0.1, 0.15) is 44.9 Å². The molecule has 4 rings (SSSR count). The Kier molecular flexibility index (Phi) is 8.40. The van der Waals surface area contributed by atoms with E-state index in [0.717, 1.165) is 90.4 Å². The van der Waals surface area contributed by atoms with E-state index in [-0.39, 0.29) is 11.8 Å². The Balaban J connectivity index is 1.15. The number of rotatable bonds is 6. The number of morpholine rings is 1. The first-order valence-corrected chi connectivity index (χ1v) is 12.4. The number of carbonyl (C=O) groups excluding carboxylic acids is 2. The van der Waals surface area contributed by atoms with Gasteiger partial charge < -0.3 is 24.8 Å². The molecule has 2 amide bonds. The quantitative estimate of drug-likeness (QED) is 0.734. The summed E-state index contributed by atoms with van der Waals surface area (Å²) in [5.41, 5.74) is 2.01. The smallest absolute Gasteiger partial charge is 0.225 e. The van der Waals surface area contributed by atoms with Crippen molar-refractivity contribution in [2.75, 3.05) is 69.2 Å². The molecule has 1 aromatic carbocycles. The maximum atomic E-state index is 12.8. The fraction of sp³-hybridized carbons (Fsp3) is 0.680. The van der Waals surface area contributed by atoms with E-state index in [2.05, 4.69) is 32.1 Å². The van der Waals surface area contributed by atoms with Crippen molar-refractivity contribution in [3.63, 3.8) is 0 Å². The van der Waals surface area contributed by atoms with Gasteiger partial charge in [-0.25, -0.2) is 0 Å². The van der Waals surface area contributed by atoms with Crippen LogP contribution in [-0.2, 0) is 14.3 Å². The second-order valence-corrected chi connectivity index (χ2v) is 9.30. The summed E-state index contributed by atoms with van der Waals surface area (Å²) >= 11 is 0. The Labute approximate surface area is 192 Å². The lowest BCUT2D eigenvalue weighted by Gasteiger charge is -2.33. The fourth-order valence-electron chi connectivity index (χ4n) is 5.01. The average molecular weight is 443 g/mol. The number of benzene rings is 1. The minimum Gasteiger partial charge on any atom is -0.378 e. The van der Waals surface area contributed by atoms with Gasteiger partial charge in [0.2, 0.25) is 11.8 Å². The number of carbonyl (C=O) groups is 2. The van der Waals surface area contributed by atoms with Gasteiger partial charge in [-0.2, -0.15) is 0 Å². The molecule has 0 saturated carbocycles. The lowest BCUT2D eigenvalue weighted by atomic mass is 9.95. The van der Waals surface area contributed by atoms with Crippen molar-refractivity contribution in [2.24, 2.45) is 5.92 Å². The van der Waals surface area contributed by atoms with Gasteiger partial charge >= 0.3 is 0 Å². The van der Waals surface area contributed by atoms with Gasteiger partial charge in [-0.1, -0.05) is 12.8 Å². The van der Waals surface area contributed by atoms with Gasteiger partial charge in [-0.15, -0.1) is 0 Å². The Morgan fingerprint density at radius 2 is 1.53 bits per heavy atom. The number of likely N-dealkylation sites (tertiary alicyclic amines) is 2.